The molecular formula is C34H37F3N6O4. The molecule has 47 heavy (non-hydrogen) atoms. The Morgan fingerprint density at radius 1 is 0.936 bits per heavy atom. The highest BCUT2D eigenvalue weighted by Crippen LogP contribution is 2.36. The molecule has 1 saturated heterocycles. The summed E-state index contributed by atoms with van der Waals surface area (Å²) in [6.45, 7) is 2.28. The number of carbonyl (C=O) groups is 1. The number of likely N-dealkylation sites (tertiary alicyclic amines) is 1. The molecule has 0 bridgehead atoms. The molecule has 2 aliphatic rings. The van der Waals surface area contributed by atoms with Crippen LogP contribution in [0.3, 0.4) is 0 Å². The SMILES string of the molecule is O=C(OCCc1cn(Cc2ccccc2)nn1)c1ccc(Nc2c(N[C@@H]3CCCC[C@H]3N3CCCCC3)c(=O)c2=O)cc1C(F)(F)F. The topological polar surface area (TPSA) is 118 Å². The van der Waals surface area contributed by atoms with Crippen molar-refractivity contribution in [2.45, 2.75) is 76.2 Å². The summed E-state index contributed by atoms with van der Waals surface area (Å²) in [7, 11) is 0. The first-order chi connectivity index (χ1) is 22.7. The average Bonchev–Trinajstić information content (AvgIpc) is 3.53. The fourth-order valence-electron chi connectivity index (χ4n) is 6.61. The van der Waals surface area contributed by atoms with Crippen molar-refractivity contribution in [2.75, 3.05) is 30.3 Å². The first-order valence-corrected chi connectivity index (χ1v) is 16.1. The van der Waals surface area contributed by atoms with Gasteiger partial charge >= 0.3 is 12.1 Å². The van der Waals surface area contributed by atoms with Crippen LogP contribution < -0.4 is 21.5 Å². The van der Waals surface area contributed by atoms with E-state index in [4.69, 9.17) is 4.74 Å². The number of piperidine rings is 1. The molecule has 2 fully saturated rings. The van der Waals surface area contributed by atoms with Crippen molar-refractivity contribution in [1.29, 1.82) is 0 Å². The van der Waals surface area contributed by atoms with E-state index < -0.39 is 34.1 Å². The van der Waals surface area contributed by atoms with E-state index in [1.165, 1.54) is 12.5 Å². The van der Waals surface area contributed by atoms with E-state index in [0.717, 1.165) is 69.3 Å². The number of halogens is 3. The van der Waals surface area contributed by atoms with Crippen LogP contribution in [0.2, 0.25) is 0 Å². The summed E-state index contributed by atoms with van der Waals surface area (Å²) in [6.07, 6.45) is 4.31. The molecule has 1 aliphatic carbocycles. The molecule has 2 heterocycles. The lowest BCUT2D eigenvalue weighted by Crippen LogP contribution is -2.52. The van der Waals surface area contributed by atoms with Gasteiger partial charge in [0, 0.05) is 30.4 Å². The van der Waals surface area contributed by atoms with Crippen LogP contribution in [0.1, 0.15) is 72.1 Å². The molecule has 10 nitrogen and oxygen atoms in total. The number of ether oxygens (including phenoxy) is 1. The number of rotatable bonds is 11. The normalized spacial score (nSPS) is 19.0. The molecule has 0 amide bonds. The Bertz CT molecular complexity index is 1760. The van der Waals surface area contributed by atoms with Crippen LogP contribution in [0, 0.1) is 0 Å². The number of aromatic nitrogens is 3. The predicted octanol–water partition coefficient (Wildman–Crippen LogP) is 5.29. The molecule has 4 aromatic rings. The van der Waals surface area contributed by atoms with Crippen LogP contribution in [-0.2, 0) is 23.9 Å². The highest BCUT2D eigenvalue weighted by molar-refractivity contribution is 5.92. The number of esters is 1. The van der Waals surface area contributed by atoms with Gasteiger partial charge in [0.15, 0.2) is 0 Å². The summed E-state index contributed by atoms with van der Waals surface area (Å²) >= 11 is 0. The minimum Gasteiger partial charge on any atom is -0.462 e. The Balaban J connectivity index is 1.11. The van der Waals surface area contributed by atoms with Crippen molar-refractivity contribution in [2.24, 2.45) is 0 Å². The van der Waals surface area contributed by atoms with Crippen LogP contribution in [0.25, 0.3) is 0 Å². The first kappa shape index (κ1) is 32.4. The Labute approximate surface area is 269 Å². The number of hydrogen-bond acceptors (Lipinski definition) is 9. The number of carbonyl (C=O) groups excluding carboxylic acids is 1. The molecule has 6 rings (SSSR count). The van der Waals surface area contributed by atoms with Crippen LogP contribution in [0.15, 0.2) is 64.3 Å². The van der Waals surface area contributed by atoms with E-state index >= 15 is 0 Å². The van der Waals surface area contributed by atoms with Crippen LogP contribution in [0.5, 0.6) is 0 Å². The Morgan fingerprint density at radius 3 is 2.45 bits per heavy atom. The Kier molecular flexibility index (Phi) is 9.71. The molecule has 0 spiro atoms. The van der Waals surface area contributed by atoms with E-state index in [9.17, 15) is 27.6 Å². The summed E-state index contributed by atoms with van der Waals surface area (Å²) in [5.41, 5.74) is -1.85. The van der Waals surface area contributed by atoms with Crippen molar-refractivity contribution < 1.29 is 22.7 Å². The number of nitrogens with zero attached hydrogens (tertiary/aromatic N) is 4. The quantitative estimate of drug-likeness (QED) is 0.165. The van der Waals surface area contributed by atoms with Gasteiger partial charge in [-0.05, 0) is 62.5 Å². The van der Waals surface area contributed by atoms with Crippen molar-refractivity contribution in [3.05, 3.63) is 97.6 Å². The van der Waals surface area contributed by atoms with E-state index in [0.29, 0.717) is 12.2 Å². The molecule has 248 valence electrons. The summed E-state index contributed by atoms with van der Waals surface area (Å²) in [6, 6.07) is 12.8. The van der Waals surface area contributed by atoms with Gasteiger partial charge < -0.3 is 15.4 Å². The van der Waals surface area contributed by atoms with E-state index in [-0.39, 0.29) is 42.2 Å². The van der Waals surface area contributed by atoms with Crippen molar-refractivity contribution in [1.82, 2.24) is 19.9 Å². The summed E-state index contributed by atoms with van der Waals surface area (Å²) in [4.78, 5) is 40.4. The van der Waals surface area contributed by atoms with Crippen molar-refractivity contribution >= 4 is 23.0 Å². The molecule has 2 atom stereocenters. The van der Waals surface area contributed by atoms with Gasteiger partial charge in [-0.15, -0.1) is 5.10 Å². The molecule has 1 aliphatic heterocycles. The van der Waals surface area contributed by atoms with Gasteiger partial charge in [-0.2, -0.15) is 13.2 Å². The predicted molar refractivity (Wildman–Crippen MR) is 171 cm³/mol. The van der Waals surface area contributed by atoms with E-state index in [1.54, 1.807) is 10.9 Å². The third-order valence-corrected chi connectivity index (χ3v) is 9.01. The lowest BCUT2D eigenvalue weighted by atomic mass is 9.87. The highest BCUT2D eigenvalue weighted by Gasteiger charge is 2.37. The third-order valence-electron chi connectivity index (χ3n) is 9.01. The second kappa shape index (κ2) is 14.1. The summed E-state index contributed by atoms with van der Waals surface area (Å²) in [5, 5.41) is 14.1. The zero-order valence-electron chi connectivity index (χ0n) is 25.9. The smallest absolute Gasteiger partial charge is 0.417 e. The molecule has 3 aromatic carbocycles. The minimum absolute atomic E-state index is 0.0398. The maximum atomic E-state index is 14.1. The lowest BCUT2D eigenvalue weighted by molar-refractivity contribution is -0.138. The van der Waals surface area contributed by atoms with Crippen molar-refractivity contribution in [3.8, 4) is 0 Å². The maximum Gasteiger partial charge on any atom is 0.417 e. The van der Waals surface area contributed by atoms with Crippen molar-refractivity contribution in [3.63, 3.8) is 0 Å². The summed E-state index contributed by atoms with van der Waals surface area (Å²) in [5.74, 6) is -1.14. The molecule has 13 heteroatoms. The van der Waals surface area contributed by atoms with Crippen LogP contribution in [0.4, 0.5) is 30.2 Å². The molecule has 1 aromatic heterocycles. The Morgan fingerprint density at radius 2 is 1.68 bits per heavy atom. The van der Waals surface area contributed by atoms with Gasteiger partial charge in [-0.1, -0.05) is 54.8 Å². The number of hydrogen-bond donors (Lipinski definition) is 2. The molecule has 0 unspecified atom stereocenters. The van der Waals surface area contributed by atoms with Gasteiger partial charge in [0.25, 0.3) is 10.9 Å². The molecule has 0 radical (unpaired) electrons. The summed E-state index contributed by atoms with van der Waals surface area (Å²) < 4.78 is 49.2. The van der Waals surface area contributed by atoms with E-state index in [2.05, 4.69) is 25.8 Å². The van der Waals surface area contributed by atoms with E-state index in [1.807, 2.05) is 30.3 Å². The zero-order chi connectivity index (χ0) is 33.0. The third kappa shape index (κ3) is 7.56. The van der Waals surface area contributed by atoms with Gasteiger partial charge in [0.2, 0.25) is 0 Å². The fourth-order valence-corrected chi connectivity index (χ4v) is 6.61. The first-order valence-electron chi connectivity index (χ1n) is 16.1. The number of alkyl halides is 3. The fraction of sp³-hybridized carbons (Fsp3) is 0.441. The largest absolute Gasteiger partial charge is 0.462 e. The van der Waals surface area contributed by atoms with Gasteiger partial charge in [-0.25, -0.2) is 9.48 Å². The van der Waals surface area contributed by atoms with Gasteiger partial charge in [0.1, 0.15) is 11.4 Å². The van der Waals surface area contributed by atoms with Crippen LogP contribution >= 0.6 is 0 Å². The standard InChI is InChI=1S/C34H37F3N6O4/c35-34(36,37)26-19-23(13-14-25(26)33(46)47-18-15-24-21-43(41-40-24)20-22-9-3-1-4-10-22)38-29-30(32(45)31(29)44)39-27-11-5-6-12-28(27)42-16-7-2-8-17-42/h1,3-4,9-10,13-14,19,21,27-28,38-39H,2,5-8,11-12,15-18,20H2/t27-,28-/m1/s1. The number of benzene rings is 2. The minimum atomic E-state index is -4.88. The van der Waals surface area contributed by atoms with Crippen LogP contribution in [-0.4, -0.2) is 57.6 Å². The Hall–Kier alpha value is -4.52. The van der Waals surface area contributed by atoms with Gasteiger partial charge in [0.05, 0.1) is 30.0 Å². The average molecular weight is 651 g/mol. The van der Waals surface area contributed by atoms with Gasteiger partial charge in [-0.3, -0.25) is 14.5 Å². The second-order valence-electron chi connectivity index (χ2n) is 12.3. The molecule has 2 N–H and O–H groups in total. The monoisotopic (exact) mass is 650 g/mol. The molecule has 1 saturated carbocycles. The molecular weight excluding hydrogens is 613 g/mol. The second-order valence-corrected chi connectivity index (χ2v) is 12.3. The lowest BCUT2D eigenvalue weighted by Gasteiger charge is -2.42. The number of anilines is 3. The maximum absolute atomic E-state index is 14.1. The zero-order valence-corrected chi connectivity index (χ0v) is 25.9. The number of nitrogens with one attached hydrogen (secondary N) is 2. The highest BCUT2D eigenvalue weighted by atomic mass is 19.4.